The first kappa shape index (κ1) is 11.7. The smallest absolute Gasteiger partial charge is 0.295 e. The van der Waals surface area contributed by atoms with Gasteiger partial charge in [0.25, 0.3) is 5.91 Å². The van der Waals surface area contributed by atoms with Crippen molar-refractivity contribution in [1.29, 1.82) is 0 Å². The number of ketones is 1. The third-order valence-corrected chi connectivity index (χ3v) is 3.41. The van der Waals surface area contributed by atoms with Gasteiger partial charge < -0.3 is 4.90 Å². The molecule has 1 aliphatic heterocycles. The molecule has 2 aromatic carbocycles. The Morgan fingerprint density at radius 3 is 2.05 bits per heavy atom. The van der Waals surface area contributed by atoms with Gasteiger partial charge in [-0.15, -0.1) is 0 Å². The molecule has 2 aromatic rings. The molecular weight excluding hydrogens is 238 g/mol. The molecule has 0 aromatic heterocycles. The Morgan fingerprint density at radius 1 is 0.842 bits per heavy atom. The second-order valence-electron chi connectivity index (χ2n) is 4.58. The molecule has 0 spiro atoms. The fourth-order valence-corrected chi connectivity index (χ4v) is 2.40. The van der Waals surface area contributed by atoms with Crippen LogP contribution in [0.4, 0.5) is 5.69 Å². The predicted molar refractivity (Wildman–Crippen MR) is 73.0 cm³/mol. The summed E-state index contributed by atoms with van der Waals surface area (Å²) in [5, 5.41) is 0. The number of anilines is 1. The third kappa shape index (κ3) is 2.03. The van der Waals surface area contributed by atoms with Crippen LogP contribution in [-0.2, 0) is 9.59 Å². The van der Waals surface area contributed by atoms with Gasteiger partial charge in [-0.25, -0.2) is 0 Å². The average Bonchev–Trinajstić information content (AvgIpc) is 2.77. The first-order chi connectivity index (χ1) is 9.27. The molecule has 1 aliphatic rings. The molecule has 0 aliphatic carbocycles. The molecule has 0 bridgehead atoms. The molecule has 3 heteroatoms. The van der Waals surface area contributed by atoms with E-state index in [1.807, 2.05) is 60.7 Å². The monoisotopic (exact) mass is 251 g/mol. The lowest BCUT2D eigenvalue weighted by atomic mass is 9.97. The first-order valence-electron chi connectivity index (χ1n) is 6.23. The summed E-state index contributed by atoms with van der Waals surface area (Å²) in [7, 11) is 0. The lowest BCUT2D eigenvalue weighted by Crippen LogP contribution is -2.26. The minimum absolute atomic E-state index is 0.324. The van der Waals surface area contributed by atoms with Gasteiger partial charge >= 0.3 is 0 Å². The van der Waals surface area contributed by atoms with E-state index in [0.717, 1.165) is 11.3 Å². The highest BCUT2D eigenvalue weighted by Crippen LogP contribution is 2.28. The van der Waals surface area contributed by atoms with Gasteiger partial charge in [0.1, 0.15) is 0 Å². The Hall–Kier alpha value is -2.42. The Balaban J connectivity index is 1.92. The summed E-state index contributed by atoms with van der Waals surface area (Å²) in [4.78, 5) is 25.7. The maximum absolute atomic E-state index is 12.1. The number of rotatable bonds is 2. The third-order valence-electron chi connectivity index (χ3n) is 3.41. The van der Waals surface area contributed by atoms with Crippen molar-refractivity contribution >= 4 is 17.4 Å². The largest absolute Gasteiger partial charge is 0.305 e. The summed E-state index contributed by atoms with van der Waals surface area (Å²) in [6.45, 7) is 0.422. The summed E-state index contributed by atoms with van der Waals surface area (Å²) in [6, 6.07) is 18.8. The van der Waals surface area contributed by atoms with Gasteiger partial charge in [0.05, 0.1) is 5.92 Å². The number of Topliss-reactive ketones (excluding diaryl/α,β-unsaturated/α-hetero) is 1. The van der Waals surface area contributed by atoms with E-state index in [1.165, 1.54) is 0 Å². The maximum Gasteiger partial charge on any atom is 0.295 e. The van der Waals surface area contributed by atoms with Crippen LogP contribution >= 0.6 is 0 Å². The Bertz CT molecular complexity index is 552. The van der Waals surface area contributed by atoms with E-state index in [2.05, 4.69) is 0 Å². The van der Waals surface area contributed by atoms with Crippen molar-refractivity contribution in [2.45, 2.75) is 5.92 Å². The zero-order chi connectivity index (χ0) is 13.2. The Morgan fingerprint density at radius 2 is 1.42 bits per heavy atom. The molecule has 1 heterocycles. The van der Waals surface area contributed by atoms with Crippen molar-refractivity contribution in [2.75, 3.05) is 11.4 Å². The minimum Gasteiger partial charge on any atom is -0.305 e. The van der Waals surface area contributed by atoms with Crippen LogP contribution in [0.2, 0.25) is 0 Å². The topological polar surface area (TPSA) is 37.4 Å². The number of para-hydroxylation sites is 1. The number of hydrogen-bond acceptors (Lipinski definition) is 2. The molecule has 3 nitrogen and oxygen atoms in total. The molecule has 1 atom stereocenters. The van der Waals surface area contributed by atoms with Gasteiger partial charge in [-0.05, 0) is 17.7 Å². The predicted octanol–water partition coefficient (Wildman–Crippen LogP) is 2.39. The number of hydrogen-bond donors (Lipinski definition) is 0. The van der Waals surface area contributed by atoms with E-state index < -0.39 is 5.91 Å². The van der Waals surface area contributed by atoms with Gasteiger partial charge in [0.2, 0.25) is 5.78 Å². The maximum atomic E-state index is 12.1. The highest BCUT2D eigenvalue weighted by Gasteiger charge is 2.40. The second-order valence-corrected chi connectivity index (χ2v) is 4.58. The van der Waals surface area contributed by atoms with Crippen molar-refractivity contribution < 1.29 is 9.59 Å². The molecule has 3 rings (SSSR count). The normalized spacial score (nSPS) is 18.9. The van der Waals surface area contributed by atoms with Crippen molar-refractivity contribution in [2.24, 2.45) is 0 Å². The highest BCUT2D eigenvalue weighted by molar-refractivity contribution is 6.45. The zero-order valence-electron chi connectivity index (χ0n) is 10.3. The number of carbonyl (C=O) groups is 2. The quantitative estimate of drug-likeness (QED) is 0.768. The minimum atomic E-state index is -0.417. The zero-order valence-corrected chi connectivity index (χ0v) is 10.3. The lowest BCUT2D eigenvalue weighted by molar-refractivity contribution is -0.134. The van der Waals surface area contributed by atoms with E-state index in [4.69, 9.17) is 0 Å². The summed E-state index contributed by atoms with van der Waals surface area (Å²) in [5.41, 5.74) is 1.68. The molecule has 1 unspecified atom stereocenters. The highest BCUT2D eigenvalue weighted by atomic mass is 16.2. The number of amides is 1. The fourth-order valence-electron chi connectivity index (χ4n) is 2.40. The molecule has 0 saturated carbocycles. The van der Waals surface area contributed by atoms with Crippen LogP contribution in [0.15, 0.2) is 60.7 Å². The lowest BCUT2D eigenvalue weighted by Gasteiger charge is -2.15. The molecule has 1 fully saturated rings. The van der Waals surface area contributed by atoms with E-state index >= 15 is 0 Å². The summed E-state index contributed by atoms with van der Waals surface area (Å²) >= 11 is 0. The Labute approximate surface area is 111 Å². The molecular formula is C16H13NO2. The van der Waals surface area contributed by atoms with Gasteiger partial charge in [0.15, 0.2) is 0 Å². The van der Waals surface area contributed by atoms with Crippen LogP contribution < -0.4 is 4.90 Å². The Kier molecular flexibility index (Phi) is 2.88. The van der Waals surface area contributed by atoms with Crippen LogP contribution in [0.1, 0.15) is 11.5 Å². The molecule has 1 amide bonds. The van der Waals surface area contributed by atoms with Crippen molar-refractivity contribution in [3.05, 3.63) is 66.2 Å². The summed E-state index contributed by atoms with van der Waals surface area (Å²) in [6.07, 6.45) is 0. The molecule has 0 N–H and O–H groups in total. The van der Waals surface area contributed by atoms with E-state index in [-0.39, 0.29) is 11.7 Å². The molecule has 0 radical (unpaired) electrons. The van der Waals surface area contributed by atoms with Crippen molar-refractivity contribution in [3.63, 3.8) is 0 Å². The molecule has 94 valence electrons. The molecule has 19 heavy (non-hydrogen) atoms. The van der Waals surface area contributed by atoms with Gasteiger partial charge in [-0.1, -0.05) is 48.5 Å². The van der Waals surface area contributed by atoms with Gasteiger partial charge in [0, 0.05) is 12.2 Å². The number of carbonyl (C=O) groups excluding carboxylic acids is 2. The van der Waals surface area contributed by atoms with Crippen LogP contribution in [0, 0.1) is 0 Å². The number of nitrogens with zero attached hydrogens (tertiary/aromatic N) is 1. The summed E-state index contributed by atoms with van der Waals surface area (Å²) in [5.74, 6) is -1.09. The van der Waals surface area contributed by atoms with E-state index in [0.29, 0.717) is 6.54 Å². The average molecular weight is 251 g/mol. The van der Waals surface area contributed by atoms with Crippen molar-refractivity contribution in [1.82, 2.24) is 0 Å². The number of benzene rings is 2. The standard InChI is InChI=1S/C16H13NO2/c18-15-14(12-7-3-1-4-8-12)11-17(16(15)19)13-9-5-2-6-10-13/h1-10,14H,11H2. The van der Waals surface area contributed by atoms with Crippen LogP contribution in [0.3, 0.4) is 0 Å². The van der Waals surface area contributed by atoms with Gasteiger partial charge in [-0.3, -0.25) is 9.59 Å². The first-order valence-corrected chi connectivity index (χ1v) is 6.23. The molecule has 1 saturated heterocycles. The fraction of sp³-hybridized carbons (Fsp3) is 0.125. The van der Waals surface area contributed by atoms with Crippen LogP contribution in [-0.4, -0.2) is 18.2 Å². The van der Waals surface area contributed by atoms with Crippen molar-refractivity contribution in [3.8, 4) is 0 Å². The van der Waals surface area contributed by atoms with Crippen LogP contribution in [0.25, 0.3) is 0 Å². The van der Waals surface area contributed by atoms with Gasteiger partial charge in [-0.2, -0.15) is 0 Å². The second kappa shape index (κ2) is 4.69. The summed E-state index contributed by atoms with van der Waals surface area (Å²) < 4.78 is 0. The van der Waals surface area contributed by atoms with E-state index in [9.17, 15) is 9.59 Å². The van der Waals surface area contributed by atoms with Crippen LogP contribution in [0.5, 0.6) is 0 Å². The van der Waals surface area contributed by atoms with E-state index in [1.54, 1.807) is 4.90 Å². The SMILES string of the molecule is O=C1C(=O)N(c2ccccc2)CC1c1ccccc1.